The second-order valence-corrected chi connectivity index (χ2v) is 9.44. The van der Waals surface area contributed by atoms with Gasteiger partial charge in [-0.3, -0.25) is 14.6 Å². The molecule has 0 radical (unpaired) electrons. The number of esters is 1. The molecule has 2 rings (SSSR count). The summed E-state index contributed by atoms with van der Waals surface area (Å²) >= 11 is 0. The molecule has 8 nitrogen and oxygen atoms in total. The first-order valence-corrected chi connectivity index (χ1v) is 12.5. The van der Waals surface area contributed by atoms with Crippen molar-refractivity contribution in [1.29, 1.82) is 0 Å². The Morgan fingerprint density at radius 2 is 1.44 bits per heavy atom. The molecule has 39 heavy (non-hydrogen) atoms. The van der Waals surface area contributed by atoms with Crippen molar-refractivity contribution in [3.05, 3.63) is 71.8 Å². The summed E-state index contributed by atoms with van der Waals surface area (Å²) in [5, 5.41) is 16.6. The summed E-state index contributed by atoms with van der Waals surface area (Å²) < 4.78 is 43.7. The van der Waals surface area contributed by atoms with Crippen LogP contribution in [0.5, 0.6) is 0 Å². The molecule has 3 atom stereocenters. The van der Waals surface area contributed by atoms with Crippen molar-refractivity contribution in [3.8, 4) is 0 Å². The number of amides is 2. The molecule has 0 spiro atoms. The fourth-order valence-electron chi connectivity index (χ4n) is 3.85. The first-order valence-electron chi connectivity index (χ1n) is 12.5. The Kier molecular flexibility index (Phi) is 12.0. The molecule has 0 aliphatic carbocycles. The Morgan fingerprint density at radius 1 is 0.897 bits per heavy atom. The molecule has 0 aliphatic heterocycles. The maximum Gasteiger partial charge on any atom is 0.419 e. The van der Waals surface area contributed by atoms with Gasteiger partial charge in [-0.15, -0.1) is 0 Å². The Hall–Kier alpha value is -3.89. The molecule has 0 aromatic heterocycles. The quantitative estimate of drug-likeness (QED) is 0.227. The van der Waals surface area contributed by atoms with Crippen LogP contribution in [0.3, 0.4) is 0 Å². The molecule has 2 amide bonds. The van der Waals surface area contributed by atoms with E-state index in [0.29, 0.717) is 0 Å². The molecule has 0 saturated carbocycles. The summed E-state index contributed by atoms with van der Waals surface area (Å²) in [4.78, 5) is 41.8. The highest BCUT2D eigenvalue weighted by atomic mass is 19.4. The largest absolute Gasteiger partial charge is 0.856 e. The van der Waals surface area contributed by atoms with Crippen LogP contribution in [0, 0.1) is 5.92 Å². The molecule has 212 valence electrons. The standard InChI is InChI=1S/C28H34F3N3O5/c1-18(2)16-22(25(36)33-23(26(37)39-3)17-20-12-8-5-9-13-20)32-24(35)21(34-27(38)28(29,30)31)15-14-19-10-6-4-7-11-19/h4-13,18,21-23H,14-17H2,1-3H3,(H,32,35)(H,33,36)(H,34,38)/p-1/t21-,22-,23-/m0/s1. The summed E-state index contributed by atoms with van der Waals surface area (Å²) in [7, 11) is 1.18. The van der Waals surface area contributed by atoms with Gasteiger partial charge in [0.1, 0.15) is 18.1 Å². The van der Waals surface area contributed by atoms with Crippen molar-refractivity contribution in [3.63, 3.8) is 0 Å². The van der Waals surface area contributed by atoms with E-state index >= 15 is 0 Å². The topological polar surface area (TPSA) is 120 Å². The van der Waals surface area contributed by atoms with Gasteiger partial charge in [-0.2, -0.15) is 13.2 Å². The van der Waals surface area contributed by atoms with E-state index in [1.807, 2.05) is 0 Å². The van der Waals surface area contributed by atoms with Gasteiger partial charge in [-0.25, -0.2) is 4.79 Å². The van der Waals surface area contributed by atoms with Crippen LogP contribution < -0.4 is 15.7 Å². The van der Waals surface area contributed by atoms with E-state index in [1.54, 1.807) is 74.5 Å². The summed E-state index contributed by atoms with van der Waals surface area (Å²) in [6.07, 6.45) is -5.01. The normalized spacial score (nSPS) is 14.3. The monoisotopic (exact) mass is 548 g/mol. The third-order valence-corrected chi connectivity index (χ3v) is 5.79. The van der Waals surface area contributed by atoms with Crippen molar-refractivity contribution in [1.82, 2.24) is 10.6 Å². The lowest BCUT2D eigenvalue weighted by Crippen LogP contribution is -2.54. The van der Waals surface area contributed by atoms with Crippen molar-refractivity contribution in [2.24, 2.45) is 10.9 Å². The molecule has 0 unspecified atom stereocenters. The number of nitrogens with one attached hydrogen (secondary N) is 2. The third-order valence-electron chi connectivity index (χ3n) is 5.79. The van der Waals surface area contributed by atoms with Gasteiger partial charge in [0.25, 0.3) is 0 Å². The van der Waals surface area contributed by atoms with Gasteiger partial charge >= 0.3 is 12.1 Å². The highest BCUT2D eigenvalue weighted by Gasteiger charge is 2.32. The van der Waals surface area contributed by atoms with E-state index in [9.17, 15) is 32.7 Å². The predicted molar refractivity (Wildman–Crippen MR) is 138 cm³/mol. The van der Waals surface area contributed by atoms with E-state index in [0.717, 1.165) is 11.1 Å². The molecule has 0 heterocycles. The molecule has 0 bridgehead atoms. The zero-order valence-corrected chi connectivity index (χ0v) is 22.0. The van der Waals surface area contributed by atoms with Crippen molar-refractivity contribution < 1.29 is 37.4 Å². The SMILES string of the molecule is COC(=O)[C@H](Cc1ccccc1)NC(=O)[C@H](CC(C)C)NC(=O)[C@H](CCc1ccccc1)N=C([O-])C(F)(F)F. The van der Waals surface area contributed by atoms with Crippen LogP contribution in [0.4, 0.5) is 13.2 Å². The highest BCUT2D eigenvalue weighted by Crippen LogP contribution is 2.17. The van der Waals surface area contributed by atoms with Crippen LogP contribution in [-0.2, 0) is 32.0 Å². The summed E-state index contributed by atoms with van der Waals surface area (Å²) in [5.41, 5.74) is 1.49. The van der Waals surface area contributed by atoms with Crippen LogP contribution in [0.2, 0.25) is 0 Å². The van der Waals surface area contributed by atoms with Crippen LogP contribution >= 0.6 is 0 Å². The zero-order valence-electron chi connectivity index (χ0n) is 22.0. The van der Waals surface area contributed by atoms with E-state index in [1.165, 1.54) is 7.11 Å². The number of methoxy groups -OCH3 is 1. The third kappa shape index (κ3) is 10.8. The Morgan fingerprint density at radius 3 is 1.95 bits per heavy atom. The van der Waals surface area contributed by atoms with Crippen molar-refractivity contribution in [2.75, 3.05) is 7.11 Å². The Labute approximate surface area is 225 Å². The zero-order chi connectivity index (χ0) is 29.0. The predicted octanol–water partition coefficient (Wildman–Crippen LogP) is 2.74. The van der Waals surface area contributed by atoms with Gasteiger partial charge in [0, 0.05) is 6.42 Å². The molecule has 2 aromatic rings. The minimum atomic E-state index is -5.24. The number of rotatable bonds is 13. The average Bonchev–Trinajstić information content (AvgIpc) is 2.89. The number of aryl methyl sites for hydroxylation is 1. The number of carbonyl (C=O) groups excluding carboxylic acids is 3. The van der Waals surface area contributed by atoms with Crippen molar-refractivity contribution >= 4 is 23.7 Å². The molecule has 0 fully saturated rings. The van der Waals surface area contributed by atoms with Gasteiger partial charge in [-0.05, 0) is 36.3 Å². The maximum atomic E-state index is 13.2. The number of hydrogen-bond acceptors (Lipinski definition) is 6. The molecule has 0 aliphatic rings. The minimum absolute atomic E-state index is 0.108. The number of carbonyl (C=O) groups is 3. The molecule has 0 saturated heterocycles. The second-order valence-electron chi connectivity index (χ2n) is 9.44. The van der Waals surface area contributed by atoms with Gasteiger partial charge in [-0.1, -0.05) is 74.5 Å². The van der Waals surface area contributed by atoms with E-state index < -0.39 is 48.0 Å². The molecule has 2 aromatic carbocycles. The summed E-state index contributed by atoms with van der Waals surface area (Å²) in [6.45, 7) is 3.58. The summed E-state index contributed by atoms with van der Waals surface area (Å²) in [5.74, 6) is -4.90. The number of ether oxygens (including phenoxy) is 1. The van der Waals surface area contributed by atoms with Crippen molar-refractivity contribution in [2.45, 2.75) is 63.8 Å². The number of hydrogen-bond donors (Lipinski definition) is 2. The number of aliphatic imine (C=N–C) groups is 1. The highest BCUT2D eigenvalue weighted by molar-refractivity contribution is 5.93. The minimum Gasteiger partial charge on any atom is -0.856 e. The Bertz CT molecular complexity index is 1110. The number of halogens is 3. The maximum absolute atomic E-state index is 13.2. The molecule has 2 N–H and O–H groups in total. The van der Waals surface area contributed by atoms with Crippen LogP contribution in [-0.4, -0.2) is 55.1 Å². The lowest BCUT2D eigenvalue weighted by molar-refractivity contribution is -0.263. The lowest BCUT2D eigenvalue weighted by atomic mass is 10.00. The lowest BCUT2D eigenvalue weighted by Gasteiger charge is -2.25. The van der Waals surface area contributed by atoms with Crippen LogP contribution in [0.25, 0.3) is 0 Å². The van der Waals surface area contributed by atoms with Gasteiger partial charge in [0.05, 0.1) is 13.0 Å². The fourth-order valence-corrected chi connectivity index (χ4v) is 3.85. The van der Waals surface area contributed by atoms with Gasteiger partial charge in [0.2, 0.25) is 11.8 Å². The fraction of sp³-hybridized carbons (Fsp3) is 0.429. The Balaban J connectivity index is 2.24. The van der Waals surface area contributed by atoms with Gasteiger partial charge in [0.15, 0.2) is 0 Å². The first-order chi connectivity index (χ1) is 18.4. The second kappa shape index (κ2) is 14.9. The average molecular weight is 549 g/mol. The molecular weight excluding hydrogens is 515 g/mol. The number of alkyl halides is 3. The number of nitrogens with zero attached hydrogens (tertiary/aromatic N) is 1. The number of benzene rings is 2. The first kappa shape index (κ1) is 31.3. The van der Waals surface area contributed by atoms with Crippen LogP contribution in [0.15, 0.2) is 65.7 Å². The van der Waals surface area contributed by atoms with E-state index in [2.05, 4.69) is 15.6 Å². The molecule has 11 heteroatoms. The van der Waals surface area contributed by atoms with Crippen LogP contribution in [0.1, 0.15) is 37.8 Å². The van der Waals surface area contributed by atoms with Gasteiger partial charge < -0.3 is 20.5 Å². The smallest absolute Gasteiger partial charge is 0.419 e. The summed E-state index contributed by atoms with van der Waals surface area (Å²) in [6, 6.07) is 13.6. The van der Waals surface area contributed by atoms with E-state index in [-0.39, 0.29) is 31.6 Å². The molecular formula is C28H33F3N3O5-. The van der Waals surface area contributed by atoms with E-state index in [4.69, 9.17) is 4.74 Å².